The van der Waals surface area contributed by atoms with Gasteiger partial charge in [0.25, 0.3) is 0 Å². The minimum atomic E-state index is -0.0172. The maximum atomic E-state index is 6.14. The summed E-state index contributed by atoms with van der Waals surface area (Å²) in [6.07, 6.45) is 7.50. The van der Waals surface area contributed by atoms with E-state index >= 15 is 0 Å². The molecular formula is C11H21NO2. The molecule has 1 atom stereocenters. The van der Waals surface area contributed by atoms with Crippen molar-refractivity contribution in [1.29, 1.82) is 0 Å². The van der Waals surface area contributed by atoms with Crippen LogP contribution in [0.3, 0.4) is 0 Å². The van der Waals surface area contributed by atoms with Gasteiger partial charge in [-0.1, -0.05) is 19.3 Å². The van der Waals surface area contributed by atoms with Gasteiger partial charge in [0, 0.05) is 13.2 Å². The Morgan fingerprint density at radius 1 is 1.29 bits per heavy atom. The van der Waals surface area contributed by atoms with Crippen LogP contribution >= 0.6 is 0 Å². The highest BCUT2D eigenvalue weighted by atomic mass is 16.6. The molecule has 0 spiro atoms. The van der Waals surface area contributed by atoms with Gasteiger partial charge in [0.2, 0.25) is 0 Å². The van der Waals surface area contributed by atoms with Crippen molar-refractivity contribution in [1.82, 2.24) is 0 Å². The minimum Gasteiger partial charge on any atom is -0.379 e. The van der Waals surface area contributed by atoms with Crippen molar-refractivity contribution in [2.45, 2.75) is 50.2 Å². The van der Waals surface area contributed by atoms with Crippen LogP contribution in [-0.2, 0) is 9.47 Å². The molecule has 2 aliphatic rings. The molecule has 1 saturated carbocycles. The van der Waals surface area contributed by atoms with Gasteiger partial charge in [0.05, 0.1) is 18.3 Å². The summed E-state index contributed by atoms with van der Waals surface area (Å²) < 4.78 is 11.5. The Kier molecular flexibility index (Phi) is 3.42. The summed E-state index contributed by atoms with van der Waals surface area (Å²) in [5.74, 6) is 0. The highest BCUT2D eigenvalue weighted by molar-refractivity contribution is 4.87. The molecule has 3 nitrogen and oxygen atoms in total. The Morgan fingerprint density at radius 3 is 2.64 bits per heavy atom. The van der Waals surface area contributed by atoms with Gasteiger partial charge in [-0.25, -0.2) is 0 Å². The van der Waals surface area contributed by atoms with Crippen LogP contribution < -0.4 is 5.73 Å². The smallest absolute Gasteiger partial charge is 0.0838 e. The van der Waals surface area contributed by atoms with E-state index in [0.29, 0.717) is 12.6 Å². The van der Waals surface area contributed by atoms with Crippen LogP contribution in [0.5, 0.6) is 0 Å². The van der Waals surface area contributed by atoms with Gasteiger partial charge in [-0.3, -0.25) is 0 Å². The zero-order valence-corrected chi connectivity index (χ0v) is 8.84. The molecular weight excluding hydrogens is 178 g/mol. The first-order valence-electron chi connectivity index (χ1n) is 5.80. The van der Waals surface area contributed by atoms with Crippen LogP contribution in [0.1, 0.15) is 38.5 Å². The average molecular weight is 199 g/mol. The lowest BCUT2D eigenvalue weighted by atomic mass is 9.84. The van der Waals surface area contributed by atoms with E-state index in [-0.39, 0.29) is 5.60 Å². The van der Waals surface area contributed by atoms with Crippen molar-refractivity contribution in [3.8, 4) is 0 Å². The molecule has 1 aliphatic heterocycles. The Balaban J connectivity index is 1.89. The fourth-order valence-electron chi connectivity index (χ4n) is 2.53. The van der Waals surface area contributed by atoms with E-state index < -0.39 is 0 Å². The Hall–Kier alpha value is -0.120. The van der Waals surface area contributed by atoms with Gasteiger partial charge < -0.3 is 15.2 Å². The molecule has 2 rings (SSSR count). The molecule has 1 aliphatic carbocycles. The lowest BCUT2D eigenvalue weighted by Crippen LogP contribution is -2.45. The zero-order valence-electron chi connectivity index (χ0n) is 8.84. The molecule has 1 unspecified atom stereocenters. The molecule has 0 aromatic heterocycles. The van der Waals surface area contributed by atoms with E-state index in [1.54, 1.807) is 0 Å². The van der Waals surface area contributed by atoms with Crippen LogP contribution in [0.4, 0.5) is 0 Å². The lowest BCUT2D eigenvalue weighted by molar-refractivity contribution is -0.107. The second-order valence-corrected chi connectivity index (χ2v) is 4.55. The predicted octanol–water partition coefficient (Wildman–Crippen LogP) is 1.45. The lowest BCUT2D eigenvalue weighted by Gasteiger charge is -2.38. The second-order valence-electron chi connectivity index (χ2n) is 4.55. The molecule has 3 heteroatoms. The van der Waals surface area contributed by atoms with E-state index in [4.69, 9.17) is 15.2 Å². The van der Waals surface area contributed by atoms with E-state index in [1.165, 1.54) is 19.3 Å². The second kappa shape index (κ2) is 4.60. The Morgan fingerprint density at radius 2 is 2.07 bits per heavy atom. The highest BCUT2D eigenvalue weighted by Gasteiger charge is 2.35. The summed E-state index contributed by atoms with van der Waals surface area (Å²) in [6.45, 7) is 2.29. The van der Waals surface area contributed by atoms with Gasteiger partial charge >= 0.3 is 0 Å². The van der Waals surface area contributed by atoms with Crippen LogP contribution in [0.2, 0.25) is 0 Å². The zero-order chi connectivity index (χ0) is 9.86. The van der Waals surface area contributed by atoms with Crippen molar-refractivity contribution in [2.24, 2.45) is 5.73 Å². The largest absolute Gasteiger partial charge is 0.379 e. The molecule has 1 heterocycles. The van der Waals surface area contributed by atoms with E-state index in [2.05, 4.69) is 0 Å². The SMILES string of the molecule is NCC1(OC2CCOC2)CCCCC1. The summed E-state index contributed by atoms with van der Waals surface area (Å²) in [5, 5.41) is 0. The van der Waals surface area contributed by atoms with Crippen LogP contribution in [-0.4, -0.2) is 31.5 Å². The van der Waals surface area contributed by atoms with E-state index in [1.807, 2.05) is 0 Å². The van der Waals surface area contributed by atoms with Crippen LogP contribution in [0.25, 0.3) is 0 Å². The maximum absolute atomic E-state index is 6.14. The summed E-state index contributed by atoms with van der Waals surface area (Å²) in [6, 6.07) is 0. The Labute approximate surface area is 85.9 Å². The number of hydrogen-bond acceptors (Lipinski definition) is 3. The molecule has 0 aromatic rings. The number of ether oxygens (including phenoxy) is 2. The third kappa shape index (κ3) is 2.27. The fourth-order valence-corrected chi connectivity index (χ4v) is 2.53. The molecule has 82 valence electrons. The topological polar surface area (TPSA) is 44.5 Å². The van der Waals surface area contributed by atoms with Gasteiger partial charge in [0.15, 0.2) is 0 Å². The fraction of sp³-hybridized carbons (Fsp3) is 1.00. The molecule has 2 fully saturated rings. The van der Waals surface area contributed by atoms with Gasteiger partial charge in [0.1, 0.15) is 0 Å². The summed E-state index contributed by atoms with van der Waals surface area (Å²) in [4.78, 5) is 0. The molecule has 0 bridgehead atoms. The quantitative estimate of drug-likeness (QED) is 0.748. The summed E-state index contributed by atoms with van der Waals surface area (Å²) in [7, 11) is 0. The van der Waals surface area contributed by atoms with Gasteiger partial charge in [-0.2, -0.15) is 0 Å². The third-order valence-corrected chi connectivity index (χ3v) is 3.44. The third-order valence-electron chi connectivity index (χ3n) is 3.44. The average Bonchev–Trinajstić information content (AvgIpc) is 2.72. The van der Waals surface area contributed by atoms with Crippen molar-refractivity contribution >= 4 is 0 Å². The normalized spacial score (nSPS) is 31.9. The first kappa shape index (κ1) is 10.4. The predicted molar refractivity (Wildman–Crippen MR) is 55.2 cm³/mol. The molecule has 0 amide bonds. The van der Waals surface area contributed by atoms with Crippen LogP contribution in [0.15, 0.2) is 0 Å². The molecule has 0 aromatic carbocycles. The van der Waals surface area contributed by atoms with Crippen molar-refractivity contribution in [3.05, 3.63) is 0 Å². The molecule has 1 saturated heterocycles. The molecule has 0 radical (unpaired) electrons. The number of hydrogen-bond donors (Lipinski definition) is 1. The monoisotopic (exact) mass is 199 g/mol. The minimum absolute atomic E-state index is 0.0172. The molecule has 2 N–H and O–H groups in total. The highest BCUT2D eigenvalue weighted by Crippen LogP contribution is 2.33. The van der Waals surface area contributed by atoms with Crippen LogP contribution in [0, 0.1) is 0 Å². The van der Waals surface area contributed by atoms with Crippen molar-refractivity contribution < 1.29 is 9.47 Å². The Bertz CT molecular complexity index is 172. The first-order valence-corrected chi connectivity index (χ1v) is 5.80. The maximum Gasteiger partial charge on any atom is 0.0838 e. The van der Waals surface area contributed by atoms with E-state index in [0.717, 1.165) is 32.5 Å². The van der Waals surface area contributed by atoms with Gasteiger partial charge in [-0.05, 0) is 19.3 Å². The number of nitrogens with two attached hydrogens (primary N) is 1. The van der Waals surface area contributed by atoms with Gasteiger partial charge in [-0.15, -0.1) is 0 Å². The van der Waals surface area contributed by atoms with Crippen molar-refractivity contribution in [2.75, 3.05) is 19.8 Å². The summed E-state index contributed by atoms with van der Waals surface area (Å²) in [5.41, 5.74) is 5.83. The van der Waals surface area contributed by atoms with E-state index in [9.17, 15) is 0 Å². The first-order chi connectivity index (χ1) is 6.85. The molecule has 14 heavy (non-hydrogen) atoms. The number of rotatable bonds is 3. The summed E-state index contributed by atoms with van der Waals surface area (Å²) >= 11 is 0. The van der Waals surface area contributed by atoms with Crippen molar-refractivity contribution in [3.63, 3.8) is 0 Å². The standard InChI is InChI=1S/C11H21NO2/c12-9-11(5-2-1-3-6-11)14-10-4-7-13-8-10/h10H,1-9,12H2.